The Morgan fingerprint density at radius 1 is 1.10 bits per heavy atom. The van der Waals surface area contributed by atoms with Gasteiger partial charge < -0.3 is 15.5 Å². The van der Waals surface area contributed by atoms with Crippen molar-refractivity contribution in [3.63, 3.8) is 0 Å². The molecule has 0 spiro atoms. The van der Waals surface area contributed by atoms with Gasteiger partial charge in [-0.05, 0) is 5.92 Å². The van der Waals surface area contributed by atoms with E-state index in [0.29, 0.717) is 17.8 Å². The van der Waals surface area contributed by atoms with Crippen LogP contribution in [0.15, 0.2) is 0 Å². The summed E-state index contributed by atoms with van der Waals surface area (Å²) in [5, 5.41) is 0. The standard InChI is InChI=1S/C13H25N7/c1-10(2)9-19-5-7-20(8-6-19)13-16-11(14)15-12(17-13)18(3)4/h10H,5-9H2,1-4H3,(H2,14,15,16,17). The summed E-state index contributed by atoms with van der Waals surface area (Å²) in [6.07, 6.45) is 0. The SMILES string of the molecule is CC(C)CN1CCN(c2nc(N)nc(N(C)C)n2)CC1. The van der Waals surface area contributed by atoms with Gasteiger partial charge in [0, 0.05) is 46.8 Å². The predicted molar refractivity (Wildman–Crippen MR) is 82.1 cm³/mol. The normalized spacial score (nSPS) is 16.8. The van der Waals surface area contributed by atoms with Crippen molar-refractivity contribution < 1.29 is 0 Å². The number of nitrogens with two attached hydrogens (primary N) is 1. The van der Waals surface area contributed by atoms with Crippen LogP contribution in [0, 0.1) is 5.92 Å². The third-order valence-electron chi connectivity index (χ3n) is 3.31. The van der Waals surface area contributed by atoms with E-state index in [2.05, 4.69) is 38.6 Å². The molecule has 7 nitrogen and oxygen atoms in total. The van der Waals surface area contributed by atoms with E-state index >= 15 is 0 Å². The van der Waals surface area contributed by atoms with Gasteiger partial charge in [-0.15, -0.1) is 0 Å². The highest BCUT2D eigenvalue weighted by Crippen LogP contribution is 2.16. The van der Waals surface area contributed by atoms with E-state index in [4.69, 9.17) is 5.73 Å². The molecule has 1 aromatic rings. The highest BCUT2D eigenvalue weighted by molar-refractivity contribution is 5.42. The number of rotatable bonds is 4. The molecule has 112 valence electrons. The fourth-order valence-electron chi connectivity index (χ4n) is 2.36. The first-order valence-electron chi connectivity index (χ1n) is 7.12. The van der Waals surface area contributed by atoms with E-state index in [1.807, 2.05) is 19.0 Å². The zero-order chi connectivity index (χ0) is 14.7. The number of hydrogen-bond acceptors (Lipinski definition) is 7. The molecule has 2 heterocycles. The average Bonchev–Trinajstić information content (AvgIpc) is 2.38. The molecule has 0 unspecified atom stereocenters. The van der Waals surface area contributed by atoms with Gasteiger partial charge in [-0.3, -0.25) is 4.90 Å². The minimum atomic E-state index is 0.281. The van der Waals surface area contributed by atoms with Crippen molar-refractivity contribution in [2.24, 2.45) is 5.92 Å². The van der Waals surface area contributed by atoms with E-state index in [-0.39, 0.29) is 5.95 Å². The van der Waals surface area contributed by atoms with Crippen LogP contribution < -0.4 is 15.5 Å². The molecule has 1 saturated heterocycles. The number of hydrogen-bond donors (Lipinski definition) is 1. The summed E-state index contributed by atoms with van der Waals surface area (Å²) < 4.78 is 0. The van der Waals surface area contributed by atoms with Crippen molar-refractivity contribution in [3.05, 3.63) is 0 Å². The molecule has 2 N–H and O–H groups in total. The third kappa shape index (κ3) is 3.69. The maximum absolute atomic E-state index is 5.77. The summed E-state index contributed by atoms with van der Waals surface area (Å²) in [5.41, 5.74) is 5.77. The molecule has 0 aliphatic carbocycles. The molecule has 0 saturated carbocycles. The summed E-state index contributed by atoms with van der Waals surface area (Å²) in [6, 6.07) is 0. The second-order valence-electron chi connectivity index (χ2n) is 5.87. The number of aromatic nitrogens is 3. The first-order valence-corrected chi connectivity index (χ1v) is 7.12. The number of piperazine rings is 1. The van der Waals surface area contributed by atoms with Crippen molar-refractivity contribution in [1.82, 2.24) is 19.9 Å². The summed E-state index contributed by atoms with van der Waals surface area (Å²) in [5.74, 6) is 2.28. The van der Waals surface area contributed by atoms with Crippen LogP contribution in [0.4, 0.5) is 17.8 Å². The minimum Gasteiger partial charge on any atom is -0.368 e. The van der Waals surface area contributed by atoms with Crippen molar-refractivity contribution in [1.29, 1.82) is 0 Å². The maximum atomic E-state index is 5.77. The van der Waals surface area contributed by atoms with Crippen LogP contribution in [0.3, 0.4) is 0 Å². The minimum absolute atomic E-state index is 0.281. The monoisotopic (exact) mass is 279 g/mol. The smallest absolute Gasteiger partial charge is 0.232 e. The molecule has 7 heteroatoms. The van der Waals surface area contributed by atoms with Gasteiger partial charge in [-0.1, -0.05) is 13.8 Å². The van der Waals surface area contributed by atoms with Gasteiger partial charge in [0.2, 0.25) is 17.8 Å². The second kappa shape index (κ2) is 6.21. The zero-order valence-electron chi connectivity index (χ0n) is 12.9. The van der Waals surface area contributed by atoms with Crippen LogP contribution in [0.2, 0.25) is 0 Å². The highest BCUT2D eigenvalue weighted by Gasteiger charge is 2.20. The molecule has 20 heavy (non-hydrogen) atoms. The van der Waals surface area contributed by atoms with Gasteiger partial charge >= 0.3 is 0 Å². The van der Waals surface area contributed by atoms with Gasteiger partial charge in [0.05, 0.1) is 0 Å². The summed E-state index contributed by atoms with van der Waals surface area (Å²) in [6.45, 7) is 9.61. The molecule has 1 aromatic heterocycles. The van der Waals surface area contributed by atoms with Crippen LogP contribution in [-0.4, -0.2) is 66.7 Å². The number of nitrogen functional groups attached to an aromatic ring is 1. The maximum Gasteiger partial charge on any atom is 0.232 e. The fourth-order valence-corrected chi connectivity index (χ4v) is 2.36. The van der Waals surface area contributed by atoms with Crippen LogP contribution in [0.5, 0.6) is 0 Å². The molecule has 1 aliphatic heterocycles. The number of anilines is 3. The lowest BCUT2D eigenvalue weighted by molar-refractivity contribution is 0.230. The highest BCUT2D eigenvalue weighted by atomic mass is 15.4. The summed E-state index contributed by atoms with van der Waals surface area (Å²) in [7, 11) is 3.80. The van der Waals surface area contributed by atoms with E-state index < -0.39 is 0 Å². The lowest BCUT2D eigenvalue weighted by Crippen LogP contribution is -2.48. The van der Waals surface area contributed by atoms with Crippen LogP contribution in [-0.2, 0) is 0 Å². The van der Waals surface area contributed by atoms with E-state index in [0.717, 1.165) is 32.7 Å². The first kappa shape index (κ1) is 14.8. The summed E-state index contributed by atoms with van der Waals surface area (Å²) >= 11 is 0. The second-order valence-corrected chi connectivity index (χ2v) is 5.87. The molecular weight excluding hydrogens is 254 g/mol. The Morgan fingerprint density at radius 2 is 1.75 bits per heavy atom. The predicted octanol–water partition coefficient (Wildman–Crippen LogP) is 0.298. The average molecular weight is 279 g/mol. The van der Waals surface area contributed by atoms with Crippen molar-refractivity contribution in [2.45, 2.75) is 13.8 Å². The van der Waals surface area contributed by atoms with Gasteiger partial charge in [0.1, 0.15) is 0 Å². The molecule has 2 rings (SSSR count). The van der Waals surface area contributed by atoms with E-state index in [1.165, 1.54) is 0 Å². The lowest BCUT2D eigenvalue weighted by Gasteiger charge is -2.35. The largest absolute Gasteiger partial charge is 0.368 e. The summed E-state index contributed by atoms with van der Waals surface area (Å²) in [4.78, 5) is 19.4. The Hall–Kier alpha value is -1.63. The Kier molecular flexibility index (Phi) is 4.59. The van der Waals surface area contributed by atoms with E-state index in [9.17, 15) is 0 Å². The molecular formula is C13H25N7. The fraction of sp³-hybridized carbons (Fsp3) is 0.769. The molecule has 1 fully saturated rings. The van der Waals surface area contributed by atoms with Crippen LogP contribution >= 0.6 is 0 Å². The Labute approximate surface area is 120 Å². The van der Waals surface area contributed by atoms with Gasteiger partial charge in [-0.25, -0.2) is 0 Å². The third-order valence-corrected chi connectivity index (χ3v) is 3.31. The molecule has 0 bridgehead atoms. The Morgan fingerprint density at radius 3 is 2.30 bits per heavy atom. The van der Waals surface area contributed by atoms with Crippen molar-refractivity contribution in [3.8, 4) is 0 Å². The Balaban J connectivity index is 2.03. The van der Waals surface area contributed by atoms with Gasteiger partial charge in [0.15, 0.2) is 0 Å². The zero-order valence-corrected chi connectivity index (χ0v) is 12.9. The Bertz CT molecular complexity index is 438. The lowest BCUT2D eigenvalue weighted by atomic mass is 10.2. The van der Waals surface area contributed by atoms with Crippen molar-refractivity contribution in [2.75, 3.05) is 62.4 Å². The topological polar surface area (TPSA) is 74.4 Å². The van der Waals surface area contributed by atoms with E-state index in [1.54, 1.807) is 0 Å². The number of nitrogens with zero attached hydrogens (tertiary/aromatic N) is 6. The van der Waals surface area contributed by atoms with Crippen LogP contribution in [0.1, 0.15) is 13.8 Å². The molecule has 1 aliphatic rings. The molecule has 0 radical (unpaired) electrons. The quantitative estimate of drug-likeness (QED) is 0.849. The first-order chi connectivity index (χ1) is 9.45. The van der Waals surface area contributed by atoms with Gasteiger partial charge in [0.25, 0.3) is 0 Å². The molecule has 0 aromatic carbocycles. The molecule has 0 amide bonds. The molecule has 0 atom stereocenters. The van der Waals surface area contributed by atoms with Gasteiger partial charge in [-0.2, -0.15) is 15.0 Å². The van der Waals surface area contributed by atoms with Crippen molar-refractivity contribution >= 4 is 17.8 Å². The van der Waals surface area contributed by atoms with Crippen LogP contribution in [0.25, 0.3) is 0 Å².